The zero-order valence-corrected chi connectivity index (χ0v) is 14.0. The molecule has 1 aliphatic heterocycles. The summed E-state index contributed by atoms with van der Waals surface area (Å²) >= 11 is 0. The van der Waals surface area contributed by atoms with Gasteiger partial charge in [0.05, 0.1) is 11.5 Å². The molecule has 0 aromatic rings. The van der Waals surface area contributed by atoms with Crippen molar-refractivity contribution >= 4 is 5.91 Å². The highest BCUT2D eigenvalue weighted by Gasteiger charge is 2.36. The minimum atomic E-state index is -0.515. The van der Waals surface area contributed by atoms with E-state index in [-0.39, 0.29) is 11.8 Å². The lowest BCUT2D eigenvalue weighted by atomic mass is 9.79. The zero-order chi connectivity index (χ0) is 15.6. The van der Waals surface area contributed by atoms with Gasteiger partial charge >= 0.3 is 0 Å². The Hall–Kier alpha value is -0.610. The average Bonchev–Trinajstić information content (AvgIpc) is 3.33. The predicted octanol–water partition coefficient (Wildman–Crippen LogP) is 2.17. The second-order valence-electron chi connectivity index (χ2n) is 8.17. The largest absolute Gasteiger partial charge is 0.389 e. The van der Waals surface area contributed by atoms with Gasteiger partial charge in [-0.2, -0.15) is 0 Å². The first-order chi connectivity index (χ1) is 10.5. The molecule has 0 aromatic carbocycles. The second-order valence-corrected chi connectivity index (χ2v) is 8.17. The number of rotatable bonds is 5. The molecule has 126 valence electrons. The van der Waals surface area contributed by atoms with Crippen molar-refractivity contribution in [1.29, 1.82) is 0 Å². The topological polar surface area (TPSA) is 52.6 Å². The van der Waals surface area contributed by atoms with Gasteiger partial charge in [-0.15, -0.1) is 0 Å². The van der Waals surface area contributed by atoms with Gasteiger partial charge in [-0.05, 0) is 69.7 Å². The lowest BCUT2D eigenvalue weighted by molar-refractivity contribution is -0.127. The van der Waals surface area contributed by atoms with Gasteiger partial charge in [0.25, 0.3) is 0 Å². The summed E-state index contributed by atoms with van der Waals surface area (Å²) in [7, 11) is 0. The minimum Gasteiger partial charge on any atom is -0.389 e. The summed E-state index contributed by atoms with van der Waals surface area (Å²) in [5.41, 5.74) is -0.515. The Morgan fingerprint density at radius 3 is 2.64 bits per heavy atom. The van der Waals surface area contributed by atoms with Crippen molar-refractivity contribution in [1.82, 2.24) is 10.2 Å². The monoisotopic (exact) mass is 308 g/mol. The number of hydrogen-bond donors (Lipinski definition) is 2. The van der Waals surface area contributed by atoms with Gasteiger partial charge in [0.1, 0.15) is 0 Å². The van der Waals surface area contributed by atoms with E-state index in [4.69, 9.17) is 0 Å². The molecule has 3 fully saturated rings. The third kappa shape index (κ3) is 4.45. The Balaban J connectivity index is 1.46. The van der Waals surface area contributed by atoms with Crippen LogP contribution in [0.15, 0.2) is 0 Å². The van der Waals surface area contributed by atoms with E-state index in [1.165, 1.54) is 12.8 Å². The minimum absolute atomic E-state index is 0.124. The molecular weight excluding hydrogens is 276 g/mol. The van der Waals surface area contributed by atoms with Crippen molar-refractivity contribution < 1.29 is 9.90 Å². The molecule has 4 heteroatoms. The highest BCUT2D eigenvalue weighted by Crippen LogP contribution is 2.33. The van der Waals surface area contributed by atoms with Crippen molar-refractivity contribution in [3.05, 3.63) is 0 Å². The Kier molecular flexibility index (Phi) is 5.08. The smallest absolute Gasteiger partial charge is 0.224 e. The molecule has 1 heterocycles. The number of hydrogen-bond acceptors (Lipinski definition) is 3. The molecule has 0 bridgehead atoms. The van der Waals surface area contributed by atoms with Gasteiger partial charge in [0.2, 0.25) is 5.91 Å². The lowest BCUT2D eigenvalue weighted by Crippen LogP contribution is -2.50. The first-order valence-electron chi connectivity index (χ1n) is 9.26. The molecule has 22 heavy (non-hydrogen) atoms. The average molecular weight is 308 g/mol. The fourth-order valence-corrected chi connectivity index (χ4v) is 4.00. The Morgan fingerprint density at radius 1 is 1.23 bits per heavy atom. The van der Waals surface area contributed by atoms with Gasteiger partial charge in [0.15, 0.2) is 0 Å². The molecule has 4 nitrogen and oxygen atoms in total. The maximum Gasteiger partial charge on any atom is 0.224 e. The van der Waals surface area contributed by atoms with Crippen molar-refractivity contribution in [3.8, 4) is 0 Å². The summed E-state index contributed by atoms with van der Waals surface area (Å²) in [5.74, 6) is 1.86. The van der Waals surface area contributed by atoms with Crippen molar-refractivity contribution in [2.45, 2.75) is 63.9 Å². The third-order valence-electron chi connectivity index (χ3n) is 5.86. The number of carbonyl (C=O) groups is 1. The molecule has 1 saturated heterocycles. The van der Waals surface area contributed by atoms with Crippen LogP contribution < -0.4 is 5.32 Å². The lowest BCUT2D eigenvalue weighted by Gasteiger charge is -2.41. The van der Waals surface area contributed by atoms with E-state index in [0.29, 0.717) is 0 Å². The first-order valence-corrected chi connectivity index (χ1v) is 9.26. The van der Waals surface area contributed by atoms with Crippen LogP contribution in [-0.4, -0.2) is 47.7 Å². The molecule has 2 saturated carbocycles. The molecule has 1 unspecified atom stereocenters. The van der Waals surface area contributed by atoms with Gasteiger partial charge in [0, 0.05) is 19.6 Å². The predicted molar refractivity (Wildman–Crippen MR) is 87.5 cm³/mol. The van der Waals surface area contributed by atoms with E-state index in [9.17, 15) is 9.90 Å². The number of amides is 1. The number of piperidine rings is 1. The van der Waals surface area contributed by atoms with Gasteiger partial charge in [-0.1, -0.05) is 6.92 Å². The van der Waals surface area contributed by atoms with Crippen molar-refractivity contribution in [3.63, 3.8) is 0 Å². The summed E-state index contributed by atoms with van der Waals surface area (Å²) in [6.07, 6.45) is 8.75. The number of carbonyl (C=O) groups excluding carboxylic acids is 1. The summed E-state index contributed by atoms with van der Waals surface area (Å²) < 4.78 is 0. The van der Waals surface area contributed by atoms with Crippen LogP contribution in [0.4, 0.5) is 0 Å². The Morgan fingerprint density at radius 2 is 1.95 bits per heavy atom. The molecular formula is C18H32N2O2. The van der Waals surface area contributed by atoms with E-state index in [2.05, 4.69) is 17.1 Å². The normalized spacial score (nSPS) is 37.0. The molecule has 2 N–H and O–H groups in total. The highest BCUT2D eigenvalue weighted by molar-refractivity contribution is 5.79. The molecule has 0 spiro atoms. The standard InChI is InChI=1S/C18H32N2O2/c1-14-6-8-18(22,9-7-14)13-20-10-2-3-16(12-20)17(21)19-11-15-4-5-15/h14-16,22H,2-13H2,1H3,(H,19,21). The number of β-amino-alcohol motifs (C(OH)–C–C–N with tert-alkyl or cyclic N) is 1. The number of aliphatic hydroxyl groups is 1. The molecule has 1 amide bonds. The highest BCUT2D eigenvalue weighted by atomic mass is 16.3. The SMILES string of the molecule is CC1CCC(O)(CN2CCCC(C(=O)NCC3CC3)C2)CC1. The van der Waals surface area contributed by atoms with Crippen LogP contribution in [0.1, 0.15) is 58.3 Å². The van der Waals surface area contributed by atoms with E-state index >= 15 is 0 Å². The van der Waals surface area contributed by atoms with E-state index in [1.54, 1.807) is 0 Å². The number of nitrogens with one attached hydrogen (secondary N) is 1. The Labute approximate surface area is 134 Å². The van der Waals surface area contributed by atoms with Crippen LogP contribution in [0.3, 0.4) is 0 Å². The summed E-state index contributed by atoms with van der Waals surface area (Å²) in [5, 5.41) is 13.9. The molecule has 2 aliphatic carbocycles. The van der Waals surface area contributed by atoms with Gasteiger partial charge in [-0.25, -0.2) is 0 Å². The van der Waals surface area contributed by atoms with Crippen LogP contribution in [0.25, 0.3) is 0 Å². The van der Waals surface area contributed by atoms with Crippen molar-refractivity contribution in [2.24, 2.45) is 17.8 Å². The van der Waals surface area contributed by atoms with E-state index in [0.717, 1.165) is 76.5 Å². The molecule has 3 aliphatic rings. The summed E-state index contributed by atoms with van der Waals surface area (Å²) in [4.78, 5) is 14.6. The van der Waals surface area contributed by atoms with Crippen LogP contribution in [0.2, 0.25) is 0 Å². The quantitative estimate of drug-likeness (QED) is 0.818. The van der Waals surface area contributed by atoms with Crippen LogP contribution in [0.5, 0.6) is 0 Å². The number of likely N-dealkylation sites (tertiary alicyclic amines) is 1. The Bertz CT molecular complexity index is 387. The van der Waals surface area contributed by atoms with Crippen molar-refractivity contribution in [2.75, 3.05) is 26.2 Å². The fraction of sp³-hybridized carbons (Fsp3) is 0.944. The molecule has 1 atom stereocenters. The van der Waals surface area contributed by atoms with E-state index in [1.807, 2.05) is 0 Å². The van der Waals surface area contributed by atoms with E-state index < -0.39 is 5.60 Å². The number of nitrogens with zero attached hydrogens (tertiary/aromatic N) is 1. The van der Waals surface area contributed by atoms with Crippen LogP contribution in [-0.2, 0) is 4.79 Å². The van der Waals surface area contributed by atoms with Crippen LogP contribution >= 0.6 is 0 Å². The summed E-state index contributed by atoms with van der Waals surface area (Å²) in [6.45, 7) is 5.77. The van der Waals surface area contributed by atoms with Gasteiger partial charge in [-0.3, -0.25) is 9.69 Å². The third-order valence-corrected chi connectivity index (χ3v) is 5.86. The second kappa shape index (κ2) is 6.88. The summed E-state index contributed by atoms with van der Waals surface area (Å²) in [6, 6.07) is 0. The molecule has 3 rings (SSSR count). The van der Waals surface area contributed by atoms with Gasteiger partial charge < -0.3 is 10.4 Å². The molecule has 0 radical (unpaired) electrons. The first kappa shape index (κ1) is 16.3. The molecule has 0 aromatic heterocycles. The maximum absolute atomic E-state index is 12.3. The fourth-order valence-electron chi connectivity index (χ4n) is 4.00. The van der Waals surface area contributed by atoms with Crippen LogP contribution in [0, 0.1) is 17.8 Å². The zero-order valence-electron chi connectivity index (χ0n) is 14.0. The maximum atomic E-state index is 12.3.